The zero-order chi connectivity index (χ0) is 28.4. The molecule has 0 aromatic heterocycles. The number of allylic oxidation sites excluding steroid dienone is 6. The Kier molecular flexibility index (Phi) is 12.5. The SMILES string of the molecule is C/C(=C/Cc1cc(O[C@H]2OC[C@H](O)[C@@H](O)[C@@H]2O)c(C)c(C)c1O)CC/C=C(\C)CC/C=C(\C)CCC(=O)O. The fraction of sp³-hybridized carbons (Fsp3) is 0.567. The lowest BCUT2D eigenvalue weighted by molar-refractivity contribution is -0.242. The number of benzene rings is 1. The highest BCUT2D eigenvalue weighted by Gasteiger charge is 2.39. The van der Waals surface area contributed by atoms with E-state index >= 15 is 0 Å². The van der Waals surface area contributed by atoms with Crippen molar-refractivity contribution in [3.63, 3.8) is 0 Å². The number of phenolic OH excluding ortho intramolecular Hbond substituents is 1. The molecule has 0 bridgehead atoms. The van der Waals surface area contributed by atoms with E-state index in [1.165, 1.54) is 11.1 Å². The maximum absolute atomic E-state index is 10.7. The summed E-state index contributed by atoms with van der Waals surface area (Å²) in [5.74, 6) is -0.128. The summed E-state index contributed by atoms with van der Waals surface area (Å²) in [6.07, 6.45) is 6.30. The summed E-state index contributed by atoms with van der Waals surface area (Å²) in [4.78, 5) is 10.7. The molecule has 0 unspecified atom stereocenters. The fourth-order valence-corrected chi connectivity index (χ4v) is 4.21. The molecule has 4 atom stereocenters. The third-order valence-electron chi connectivity index (χ3n) is 7.06. The van der Waals surface area contributed by atoms with Crippen molar-refractivity contribution in [2.45, 2.75) is 104 Å². The highest BCUT2D eigenvalue weighted by Crippen LogP contribution is 2.35. The van der Waals surface area contributed by atoms with Crippen molar-refractivity contribution in [2.75, 3.05) is 6.61 Å². The van der Waals surface area contributed by atoms with Crippen LogP contribution in [0.4, 0.5) is 0 Å². The van der Waals surface area contributed by atoms with Gasteiger partial charge < -0.3 is 35.0 Å². The van der Waals surface area contributed by atoms with Gasteiger partial charge in [0.1, 0.15) is 29.8 Å². The van der Waals surface area contributed by atoms with Crippen LogP contribution in [-0.2, 0) is 16.0 Å². The molecule has 0 amide bonds. The molecule has 38 heavy (non-hydrogen) atoms. The number of aliphatic carboxylic acids is 1. The molecule has 1 aliphatic heterocycles. The minimum atomic E-state index is -1.40. The predicted octanol–water partition coefficient (Wildman–Crippen LogP) is 4.63. The standard InChI is InChI=1S/C30H44O8/c1-18(9-7-11-20(3)13-15-26(32)33)8-6-10-19(2)12-14-23-16-25(21(4)22(5)27(23)34)38-30-29(36)28(35)24(31)17-37-30/h8,11-12,16,24,28-31,34-36H,6-7,9-10,13-15,17H2,1-5H3,(H,32,33)/b18-8+,19-12-,20-11+/t24-,28+,29-,30+/m0/s1. The number of hydrogen-bond donors (Lipinski definition) is 5. The lowest BCUT2D eigenvalue weighted by Gasteiger charge is -2.35. The van der Waals surface area contributed by atoms with Gasteiger partial charge in [-0.25, -0.2) is 0 Å². The minimum Gasteiger partial charge on any atom is -0.507 e. The summed E-state index contributed by atoms with van der Waals surface area (Å²) in [7, 11) is 0. The molecule has 212 valence electrons. The van der Waals surface area contributed by atoms with E-state index in [0.717, 1.165) is 31.3 Å². The van der Waals surface area contributed by atoms with Gasteiger partial charge in [0.15, 0.2) is 0 Å². The molecule has 1 aromatic rings. The molecule has 1 heterocycles. The molecule has 5 N–H and O–H groups in total. The Balaban J connectivity index is 1.94. The molecule has 0 saturated carbocycles. The Bertz CT molecular complexity index is 1040. The van der Waals surface area contributed by atoms with Gasteiger partial charge in [0, 0.05) is 12.0 Å². The van der Waals surface area contributed by atoms with E-state index in [1.807, 2.05) is 6.92 Å². The van der Waals surface area contributed by atoms with E-state index in [-0.39, 0.29) is 18.8 Å². The van der Waals surface area contributed by atoms with Gasteiger partial charge in [-0.2, -0.15) is 0 Å². The van der Waals surface area contributed by atoms with E-state index in [2.05, 4.69) is 32.1 Å². The van der Waals surface area contributed by atoms with Gasteiger partial charge in [-0.05, 0) is 90.3 Å². The molecule has 0 aliphatic carbocycles. The second-order valence-electron chi connectivity index (χ2n) is 10.3. The molecule has 8 nitrogen and oxygen atoms in total. The average Bonchev–Trinajstić information content (AvgIpc) is 2.87. The number of aromatic hydroxyl groups is 1. The Morgan fingerprint density at radius 2 is 1.50 bits per heavy atom. The van der Waals surface area contributed by atoms with Crippen molar-refractivity contribution >= 4 is 5.97 Å². The molecule has 1 aromatic carbocycles. The minimum absolute atomic E-state index is 0.148. The lowest BCUT2D eigenvalue weighted by Crippen LogP contribution is -2.54. The molecule has 1 saturated heterocycles. The monoisotopic (exact) mass is 532 g/mol. The van der Waals surface area contributed by atoms with Crippen LogP contribution in [0.5, 0.6) is 11.5 Å². The van der Waals surface area contributed by atoms with E-state index < -0.39 is 30.6 Å². The van der Waals surface area contributed by atoms with E-state index in [0.29, 0.717) is 35.3 Å². The van der Waals surface area contributed by atoms with Crippen molar-refractivity contribution in [1.29, 1.82) is 0 Å². The summed E-state index contributed by atoms with van der Waals surface area (Å²) < 4.78 is 11.2. The molecule has 0 spiro atoms. The van der Waals surface area contributed by atoms with Crippen molar-refractivity contribution in [3.05, 3.63) is 57.7 Å². The molecule has 2 rings (SSSR count). The lowest BCUT2D eigenvalue weighted by atomic mass is 9.99. The third-order valence-corrected chi connectivity index (χ3v) is 7.06. The van der Waals surface area contributed by atoms with E-state index in [1.54, 1.807) is 19.9 Å². The van der Waals surface area contributed by atoms with Gasteiger partial charge in [0.05, 0.1) is 6.61 Å². The van der Waals surface area contributed by atoms with Crippen LogP contribution < -0.4 is 4.74 Å². The van der Waals surface area contributed by atoms with Crippen LogP contribution in [-0.4, -0.2) is 62.7 Å². The number of phenols is 1. The second-order valence-corrected chi connectivity index (χ2v) is 10.3. The van der Waals surface area contributed by atoms with Crippen LogP contribution in [0.15, 0.2) is 41.0 Å². The van der Waals surface area contributed by atoms with E-state index in [9.17, 15) is 25.2 Å². The summed E-state index contributed by atoms with van der Waals surface area (Å²) >= 11 is 0. The number of ether oxygens (including phenoxy) is 2. The van der Waals surface area contributed by atoms with Gasteiger partial charge in [-0.3, -0.25) is 4.79 Å². The van der Waals surface area contributed by atoms with Gasteiger partial charge in [0.2, 0.25) is 6.29 Å². The summed E-state index contributed by atoms with van der Waals surface area (Å²) in [6, 6.07) is 1.73. The molecule has 8 heteroatoms. The van der Waals surface area contributed by atoms with Crippen LogP contribution in [0.2, 0.25) is 0 Å². The number of rotatable bonds is 13. The molecular formula is C30H44O8. The summed E-state index contributed by atoms with van der Waals surface area (Å²) in [5.41, 5.74) is 5.67. The fourth-order valence-electron chi connectivity index (χ4n) is 4.21. The Morgan fingerprint density at radius 1 is 0.921 bits per heavy atom. The normalized spacial score (nSPS) is 23.0. The second kappa shape index (κ2) is 15.1. The zero-order valence-corrected chi connectivity index (χ0v) is 23.2. The summed E-state index contributed by atoms with van der Waals surface area (Å²) in [6.45, 7) is 9.60. The highest BCUT2D eigenvalue weighted by atomic mass is 16.7. The van der Waals surface area contributed by atoms with Crippen molar-refractivity contribution in [2.24, 2.45) is 0 Å². The van der Waals surface area contributed by atoms with Crippen molar-refractivity contribution < 1.29 is 39.8 Å². The quantitative estimate of drug-likeness (QED) is 0.232. The van der Waals surface area contributed by atoms with Gasteiger partial charge in [0.25, 0.3) is 0 Å². The first-order valence-corrected chi connectivity index (χ1v) is 13.2. The molecule has 1 aliphatic rings. The van der Waals surface area contributed by atoms with Gasteiger partial charge >= 0.3 is 5.97 Å². The van der Waals surface area contributed by atoms with Gasteiger partial charge in [-0.1, -0.05) is 34.9 Å². The Hall–Kier alpha value is -2.65. The number of carboxylic acids is 1. The zero-order valence-electron chi connectivity index (χ0n) is 23.2. The van der Waals surface area contributed by atoms with Crippen LogP contribution in [0.25, 0.3) is 0 Å². The largest absolute Gasteiger partial charge is 0.507 e. The molecule has 0 radical (unpaired) electrons. The molecule has 1 fully saturated rings. The third kappa shape index (κ3) is 9.58. The number of carboxylic acid groups (broad SMARTS) is 1. The van der Waals surface area contributed by atoms with Gasteiger partial charge in [-0.15, -0.1) is 0 Å². The first-order chi connectivity index (χ1) is 17.9. The highest BCUT2D eigenvalue weighted by molar-refractivity contribution is 5.67. The topological polar surface area (TPSA) is 137 Å². The van der Waals surface area contributed by atoms with Crippen molar-refractivity contribution in [3.8, 4) is 11.5 Å². The summed E-state index contributed by atoms with van der Waals surface area (Å²) in [5, 5.41) is 49.3. The van der Waals surface area contributed by atoms with E-state index in [4.69, 9.17) is 14.6 Å². The van der Waals surface area contributed by atoms with Crippen LogP contribution in [0.3, 0.4) is 0 Å². The number of hydrogen-bond acceptors (Lipinski definition) is 7. The molecular weight excluding hydrogens is 488 g/mol. The van der Waals surface area contributed by atoms with Crippen LogP contribution >= 0.6 is 0 Å². The smallest absolute Gasteiger partial charge is 0.303 e. The first kappa shape index (κ1) is 31.6. The average molecular weight is 533 g/mol. The number of aliphatic hydroxyl groups excluding tert-OH is 3. The number of carbonyl (C=O) groups is 1. The van der Waals surface area contributed by atoms with Crippen LogP contribution in [0.1, 0.15) is 76.0 Å². The number of aliphatic hydroxyl groups is 3. The maximum Gasteiger partial charge on any atom is 0.303 e. The first-order valence-electron chi connectivity index (χ1n) is 13.2. The maximum atomic E-state index is 10.7. The van der Waals surface area contributed by atoms with Crippen LogP contribution in [0, 0.1) is 13.8 Å². The Labute approximate surface area is 225 Å². The Morgan fingerprint density at radius 3 is 2.11 bits per heavy atom. The van der Waals surface area contributed by atoms with Crippen molar-refractivity contribution in [1.82, 2.24) is 0 Å². The predicted molar refractivity (Wildman–Crippen MR) is 146 cm³/mol.